The number of hydrogen-bond donors (Lipinski definition) is 1. The third-order valence-corrected chi connectivity index (χ3v) is 5.83. The molecule has 0 heterocycles. The summed E-state index contributed by atoms with van der Waals surface area (Å²) < 4.78 is 6.01. The minimum absolute atomic E-state index is 0.125. The van der Waals surface area contributed by atoms with Crippen molar-refractivity contribution in [2.75, 3.05) is 11.9 Å². The maximum atomic E-state index is 13.1. The molecule has 2 aromatic rings. The zero-order chi connectivity index (χ0) is 21.7. The molecule has 1 atom stereocenters. The number of likely N-dealkylation sites (N-methyl/N-ethyl adjacent to an activating group) is 1. The first-order chi connectivity index (χ1) is 14.4. The van der Waals surface area contributed by atoms with Gasteiger partial charge in [0.1, 0.15) is 5.75 Å². The van der Waals surface area contributed by atoms with Crippen LogP contribution < -0.4 is 15.0 Å². The lowest BCUT2D eigenvalue weighted by Gasteiger charge is -2.26. The average molecular weight is 409 g/mol. The number of carbonyl (C=O) groups excluding carboxylic acids is 2. The van der Waals surface area contributed by atoms with Gasteiger partial charge in [-0.15, -0.1) is 0 Å². The van der Waals surface area contributed by atoms with Crippen molar-refractivity contribution in [1.29, 1.82) is 0 Å². The van der Waals surface area contributed by atoms with E-state index in [0.717, 1.165) is 42.6 Å². The highest BCUT2D eigenvalue weighted by molar-refractivity contribution is 6.05. The lowest BCUT2D eigenvalue weighted by molar-refractivity contribution is -0.124. The number of anilines is 1. The Hall–Kier alpha value is -2.82. The van der Waals surface area contributed by atoms with E-state index in [9.17, 15) is 9.59 Å². The van der Waals surface area contributed by atoms with Crippen molar-refractivity contribution in [3.63, 3.8) is 0 Å². The number of aryl methyl sites for hydroxylation is 2. The van der Waals surface area contributed by atoms with E-state index < -0.39 is 6.10 Å². The highest BCUT2D eigenvalue weighted by Gasteiger charge is 2.25. The lowest BCUT2D eigenvalue weighted by Crippen LogP contribution is -2.40. The molecule has 160 valence electrons. The molecule has 5 nitrogen and oxygen atoms in total. The maximum Gasteiger partial charge on any atom is 0.267 e. The van der Waals surface area contributed by atoms with E-state index in [4.69, 9.17) is 4.74 Å². The van der Waals surface area contributed by atoms with Gasteiger partial charge in [-0.3, -0.25) is 9.59 Å². The first-order valence-electron chi connectivity index (χ1n) is 10.8. The van der Waals surface area contributed by atoms with Crippen LogP contribution in [-0.2, 0) is 4.79 Å². The maximum absolute atomic E-state index is 13.1. The first kappa shape index (κ1) is 21.9. The van der Waals surface area contributed by atoms with Gasteiger partial charge < -0.3 is 15.0 Å². The molecule has 0 saturated heterocycles. The lowest BCUT2D eigenvalue weighted by atomic mass is 9.95. The molecule has 1 saturated carbocycles. The number of benzene rings is 2. The standard InChI is InChI=1S/C25H32N2O3/c1-17-11-10-12-18(2)23(17)30-19(3)25(29)27(4)22-16-9-8-15-21(22)24(28)26-20-13-6-5-7-14-20/h8-12,15-16,19-20H,5-7,13-14H2,1-4H3,(H,26,28). The Morgan fingerprint density at radius 1 is 1.00 bits per heavy atom. The predicted molar refractivity (Wildman–Crippen MR) is 120 cm³/mol. The zero-order valence-electron chi connectivity index (χ0n) is 18.4. The number of nitrogens with zero attached hydrogens (tertiary/aromatic N) is 1. The SMILES string of the molecule is Cc1cccc(C)c1OC(C)C(=O)N(C)c1ccccc1C(=O)NC1CCCCC1. The largest absolute Gasteiger partial charge is 0.480 e. The Morgan fingerprint density at radius 2 is 1.63 bits per heavy atom. The fraction of sp³-hybridized carbons (Fsp3) is 0.440. The van der Waals surface area contributed by atoms with E-state index in [1.807, 2.05) is 44.2 Å². The number of rotatable bonds is 6. The number of carbonyl (C=O) groups is 2. The quantitative estimate of drug-likeness (QED) is 0.747. The van der Waals surface area contributed by atoms with Crippen molar-refractivity contribution in [1.82, 2.24) is 5.32 Å². The highest BCUT2D eigenvalue weighted by atomic mass is 16.5. The van der Waals surface area contributed by atoms with Crippen LogP contribution in [0.15, 0.2) is 42.5 Å². The molecule has 0 bridgehead atoms. The van der Waals surface area contributed by atoms with Crippen LogP contribution in [0.1, 0.15) is 60.5 Å². The van der Waals surface area contributed by atoms with Crippen LogP contribution in [0.3, 0.4) is 0 Å². The summed E-state index contributed by atoms with van der Waals surface area (Å²) >= 11 is 0. The Kier molecular flexibility index (Phi) is 7.14. The molecule has 1 aliphatic rings. The Bertz CT molecular complexity index is 883. The van der Waals surface area contributed by atoms with Gasteiger partial charge in [0.05, 0.1) is 11.3 Å². The van der Waals surface area contributed by atoms with Crippen LogP contribution in [-0.4, -0.2) is 31.0 Å². The third-order valence-electron chi connectivity index (χ3n) is 5.83. The van der Waals surface area contributed by atoms with Crippen molar-refractivity contribution in [2.24, 2.45) is 0 Å². The summed E-state index contributed by atoms with van der Waals surface area (Å²) in [5.74, 6) is 0.408. The second-order valence-electron chi connectivity index (χ2n) is 8.20. The van der Waals surface area contributed by atoms with Gasteiger partial charge in [0.25, 0.3) is 11.8 Å². The Labute approximate surface area is 179 Å². The molecule has 1 unspecified atom stereocenters. The number of amides is 2. The number of para-hydroxylation sites is 2. The zero-order valence-corrected chi connectivity index (χ0v) is 18.4. The first-order valence-corrected chi connectivity index (χ1v) is 10.8. The summed E-state index contributed by atoms with van der Waals surface area (Å²) in [5, 5.41) is 3.15. The van der Waals surface area contributed by atoms with Crippen molar-refractivity contribution in [2.45, 2.75) is 65.0 Å². The van der Waals surface area contributed by atoms with Crippen molar-refractivity contribution in [3.8, 4) is 5.75 Å². The molecule has 0 spiro atoms. The second-order valence-corrected chi connectivity index (χ2v) is 8.20. The average Bonchev–Trinajstić information content (AvgIpc) is 2.76. The topological polar surface area (TPSA) is 58.6 Å². The molecule has 2 amide bonds. The highest BCUT2D eigenvalue weighted by Crippen LogP contribution is 2.26. The van der Waals surface area contributed by atoms with Crippen molar-refractivity contribution < 1.29 is 14.3 Å². The van der Waals surface area contributed by atoms with Gasteiger partial charge >= 0.3 is 0 Å². The third kappa shape index (κ3) is 5.02. The monoisotopic (exact) mass is 408 g/mol. The van der Waals surface area contributed by atoms with Crippen LogP contribution in [0.2, 0.25) is 0 Å². The second kappa shape index (κ2) is 9.79. The summed E-state index contributed by atoms with van der Waals surface area (Å²) in [5.41, 5.74) is 3.08. The van der Waals surface area contributed by atoms with E-state index in [0.29, 0.717) is 11.3 Å². The van der Waals surface area contributed by atoms with E-state index >= 15 is 0 Å². The van der Waals surface area contributed by atoms with Crippen LogP contribution in [0.25, 0.3) is 0 Å². The molecule has 1 aliphatic carbocycles. The minimum Gasteiger partial charge on any atom is -0.480 e. The molecule has 3 rings (SSSR count). The Morgan fingerprint density at radius 3 is 2.30 bits per heavy atom. The molecular weight excluding hydrogens is 376 g/mol. The fourth-order valence-electron chi connectivity index (χ4n) is 4.07. The smallest absolute Gasteiger partial charge is 0.267 e. The molecular formula is C25H32N2O3. The minimum atomic E-state index is -0.677. The molecule has 0 aromatic heterocycles. The predicted octanol–water partition coefficient (Wildman–Crippen LogP) is 4.80. The van der Waals surface area contributed by atoms with Gasteiger partial charge in [-0.1, -0.05) is 49.6 Å². The number of nitrogens with one attached hydrogen (secondary N) is 1. The Balaban J connectivity index is 1.75. The molecule has 1 fully saturated rings. The van der Waals surface area contributed by atoms with Crippen LogP contribution in [0, 0.1) is 13.8 Å². The molecule has 30 heavy (non-hydrogen) atoms. The summed E-state index contributed by atoms with van der Waals surface area (Å²) in [7, 11) is 1.69. The molecule has 5 heteroatoms. The van der Waals surface area contributed by atoms with Crippen molar-refractivity contribution >= 4 is 17.5 Å². The van der Waals surface area contributed by atoms with Gasteiger partial charge in [0.2, 0.25) is 0 Å². The van der Waals surface area contributed by atoms with E-state index in [1.165, 1.54) is 11.3 Å². The molecule has 2 aromatic carbocycles. The van der Waals surface area contributed by atoms with E-state index in [2.05, 4.69) is 5.32 Å². The number of hydrogen-bond acceptors (Lipinski definition) is 3. The summed E-state index contributed by atoms with van der Waals surface area (Å²) in [6.45, 7) is 5.68. The van der Waals surface area contributed by atoms with Gasteiger partial charge in [-0.05, 0) is 56.9 Å². The normalized spacial score (nSPS) is 15.3. The molecule has 0 aliphatic heterocycles. The van der Waals surface area contributed by atoms with E-state index in [1.54, 1.807) is 26.1 Å². The summed E-state index contributed by atoms with van der Waals surface area (Å²) in [6.07, 6.45) is 4.89. The molecule has 0 radical (unpaired) electrons. The number of ether oxygens (including phenoxy) is 1. The fourth-order valence-corrected chi connectivity index (χ4v) is 4.07. The summed E-state index contributed by atoms with van der Waals surface area (Å²) in [6, 6.07) is 13.4. The van der Waals surface area contributed by atoms with Crippen molar-refractivity contribution in [3.05, 3.63) is 59.2 Å². The van der Waals surface area contributed by atoms with Gasteiger partial charge in [0, 0.05) is 13.1 Å². The van der Waals surface area contributed by atoms with Crippen LogP contribution in [0.5, 0.6) is 5.75 Å². The molecule has 1 N–H and O–H groups in total. The van der Waals surface area contributed by atoms with E-state index in [-0.39, 0.29) is 17.9 Å². The van der Waals surface area contributed by atoms with Gasteiger partial charge in [-0.25, -0.2) is 0 Å². The van der Waals surface area contributed by atoms with Crippen LogP contribution >= 0.6 is 0 Å². The van der Waals surface area contributed by atoms with Crippen LogP contribution in [0.4, 0.5) is 5.69 Å². The van der Waals surface area contributed by atoms with Gasteiger partial charge in [-0.2, -0.15) is 0 Å². The van der Waals surface area contributed by atoms with Gasteiger partial charge in [0.15, 0.2) is 6.10 Å². The summed E-state index contributed by atoms with van der Waals surface area (Å²) in [4.78, 5) is 27.6.